The molecule has 3 rings (SSSR count). The predicted octanol–water partition coefficient (Wildman–Crippen LogP) is 2.41. The number of thiophene rings is 1. The van der Waals surface area contributed by atoms with Crippen molar-refractivity contribution in [1.82, 2.24) is 9.62 Å². The summed E-state index contributed by atoms with van der Waals surface area (Å²) in [4.78, 5) is 3.76. The van der Waals surface area contributed by atoms with Gasteiger partial charge in [-0.15, -0.1) is 11.3 Å². The molecule has 2 heterocycles. The molecule has 1 N–H and O–H groups in total. The molecule has 130 valence electrons. The van der Waals surface area contributed by atoms with Gasteiger partial charge in [0.1, 0.15) is 0 Å². The molecule has 1 atom stereocenters. The van der Waals surface area contributed by atoms with Crippen molar-refractivity contribution in [3.05, 3.63) is 52.2 Å². The predicted molar refractivity (Wildman–Crippen MR) is 95.8 cm³/mol. The van der Waals surface area contributed by atoms with Crippen LogP contribution in [0.25, 0.3) is 0 Å². The Morgan fingerprint density at radius 2 is 1.92 bits per heavy atom. The molecule has 0 amide bonds. The van der Waals surface area contributed by atoms with Gasteiger partial charge in [-0.05, 0) is 30.5 Å². The van der Waals surface area contributed by atoms with E-state index in [2.05, 4.69) is 15.7 Å². The van der Waals surface area contributed by atoms with Crippen LogP contribution in [0.3, 0.4) is 0 Å². The van der Waals surface area contributed by atoms with Crippen molar-refractivity contribution in [2.45, 2.75) is 17.9 Å². The Kier molecular flexibility index (Phi) is 5.68. The van der Waals surface area contributed by atoms with Crippen molar-refractivity contribution in [2.75, 3.05) is 32.8 Å². The lowest BCUT2D eigenvalue weighted by Gasteiger charge is -2.34. The van der Waals surface area contributed by atoms with Gasteiger partial charge < -0.3 is 4.74 Å². The smallest absolute Gasteiger partial charge is 0.240 e. The Balaban J connectivity index is 1.74. The molecular formula is C17H22N2O3S2. The topological polar surface area (TPSA) is 58.6 Å². The van der Waals surface area contributed by atoms with Crippen LogP contribution in [0.2, 0.25) is 0 Å². The van der Waals surface area contributed by atoms with Gasteiger partial charge in [0.15, 0.2) is 0 Å². The van der Waals surface area contributed by atoms with E-state index in [4.69, 9.17) is 4.74 Å². The molecule has 1 aromatic carbocycles. The number of rotatable bonds is 6. The van der Waals surface area contributed by atoms with E-state index >= 15 is 0 Å². The molecular weight excluding hydrogens is 344 g/mol. The molecule has 0 radical (unpaired) electrons. The molecule has 2 aromatic rings. The molecule has 1 fully saturated rings. The van der Waals surface area contributed by atoms with E-state index < -0.39 is 10.0 Å². The first-order valence-electron chi connectivity index (χ1n) is 7.98. The van der Waals surface area contributed by atoms with Crippen molar-refractivity contribution in [3.63, 3.8) is 0 Å². The van der Waals surface area contributed by atoms with Gasteiger partial charge >= 0.3 is 0 Å². The van der Waals surface area contributed by atoms with Crippen molar-refractivity contribution in [1.29, 1.82) is 0 Å². The molecule has 0 unspecified atom stereocenters. The monoisotopic (exact) mass is 366 g/mol. The number of aryl methyl sites for hydroxylation is 1. The number of hydrogen-bond acceptors (Lipinski definition) is 5. The molecule has 24 heavy (non-hydrogen) atoms. The molecule has 7 heteroatoms. The van der Waals surface area contributed by atoms with Gasteiger partial charge in [0, 0.05) is 24.5 Å². The maximum atomic E-state index is 12.5. The number of hydrogen-bond donors (Lipinski definition) is 1. The normalized spacial score (nSPS) is 17.7. The fourth-order valence-electron chi connectivity index (χ4n) is 2.77. The summed E-state index contributed by atoms with van der Waals surface area (Å²) in [7, 11) is -3.51. The first-order chi connectivity index (χ1) is 11.6. The summed E-state index contributed by atoms with van der Waals surface area (Å²) in [6, 6.07) is 11.0. The minimum absolute atomic E-state index is 0.0362. The number of nitrogens with one attached hydrogen (secondary N) is 1. The van der Waals surface area contributed by atoms with Gasteiger partial charge in [0.05, 0.1) is 24.2 Å². The van der Waals surface area contributed by atoms with E-state index in [1.807, 2.05) is 30.5 Å². The van der Waals surface area contributed by atoms with Crippen LogP contribution >= 0.6 is 11.3 Å². The maximum Gasteiger partial charge on any atom is 0.240 e. The minimum atomic E-state index is -3.51. The van der Waals surface area contributed by atoms with Crippen LogP contribution in [-0.2, 0) is 14.8 Å². The van der Waals surface area contributed by atoms with Gasteiger partial charge in [-0.2, -0.15) is 0 Å². The first kappa shape index (κ1) is 17.6. The van der Waals surface area contributed by atoms with Crippen LogP contribution in [0, 0.1) is 6.92 Å². The Labute approximate surface area is 147 Å². The molecule has 5 nitrogen and oxygen atoms in total. The zero-order valence-corrected chi connectivity index (χ0v) is 15.3. The Hall–Kier alpha value is -1.25. The van der Waals surface area contributed by atoms with Crippen LogP contribution in [0.1, 0.15) is 16.5 Å². The fourth-order valence-corrected chi connectivity index (χ4v) is 4.67. The molecule has 1 saturated heterocycles. The molecule has 0 bridgehead atoms. The van der Waals surface area contributed by atoms with E-state index in [1.54, 1.807) is 23.5 Å². The van der Waals surface area contributed by atoms with E-state index in [-0.39, 0.29) is 6.04 Å². The Morgan fingerprint density at radius 3 is 2.54 bits per heavy atom. The first-order valence-corrected chi connectivity index (χ1v) is 10.3. The summed E-state index contributed by atoms with van der Waals surface area (Å²) in [5.41, 5.74) is 1.04. The number of benzene rings is 1. The third kappa shape index (κ3) is 4.23. The molecule has 1 aliphatic heterocycles. The highest BCUT2D eigenvalue weighted by molar-refractivity contribution is 7.89. The van der Waals surface area contributed by atoms with E-state index in [1.165, 1.54) is 4.88 Å². The average molecular weight is 367 g/mol. The lowest BCUT2D eigenvalue weighted by atomic mass is 10.2. The lowest BCUT2D eigenvalue weighted by Crippen LogP contribution is -2.43. The quantitative estimate of drug-likeness (QED) is 0.853. The fraction of sp³-hybridized carbons (Fsp3) is 0.412. The highest BCUT2D eigenvalue weighted by Gasteiger charge is 2.25. The summed E-state index contributed by atoms with van der Waals surface area (Å²) in [5, 5.41) is 2.03. The molecule has 0 saturated carbocycles. The van der Waals surface area contributed by atoms with Crippen LogP contribution in [-0.4, -0.2) is 46.2 Å². The van der Waals surface area contributed by atoms with Gasteiger partial charge in [-0.3, -0.25) is 4.90 Å². The van der Waals surface area contributed by atoms with Crippen molar-refractivity contribution in [2.24, 2.45) is 0 Å². The van der Waals surface area contributed by atoms with Crippen LogP contribution < -0.4 is 4.72 Å². The van der Waals surface area contributed by atoms with Gasteiger partial charge in [-0.1, -0.05) is 23.8 Å². The third-order valence-electron chi connectivity index (χ3n) is 4.16. The van der Waals surface area contributed by atoms with Crippen molar-refractivity contribution < 1.29 is 13.2 Å². The number of ether oxygens (including phenoxy) is 1. The number of nitrogens with zero attached hydrogens (tertiary/aromatic N) is 1. The highest BCUT2D eigenvalue weighted by Crippen LogP contribution is 2.26. The largest absolute Gasteiger partial charge is 0.379 e. The number of sulfonamides is 1. The summed E-state index contributed by atoms with van der Waals surface area (Å²) in [6.45, 7) is 5.30. The SMILES string of the molecule is Cc1ccc(S(=O)(=O)NC[C@@H](c2cccs2)N2CCOCC2)cc1. The second-order valence-corrected chi connectivity index (χ2v) is 8.59. The Bertz CT molecular complexity index is 737. The second kappa shape index (κ2) is 7.76. The standard InChI is InChI=1S/C17H22N2O3S2/c1-14-4-6-15(7-5-14)24(20,21)18-13-16(17-3-2-12-23-17)19-8-10-22-11-9-19/h2-7,12,16,18H,8-11,13H2,1H3/t16-/m0/s1. The highest BCUT2D eigenvalue weighted by atomic mass is 32.2. The van der Waals surface area contributed by atoms with E-state index in [9.17, 15) is 8.42 Å². The summed E-state index contributed by atoms with van der Waals surface area (Å²) >= 11 is 1.66. The van der Waals surface area contributed by atoms with Crippen molar-refractivity contribution in [3.8, 4) is 0 Å². The third-order valence-corrected chi connectivity index (χ3v) is 6.57. The molecule has 0 spiro atoms. The summed E-state index contributed by atoms with van der Waals surface area (Å²) in [5.74, 6) is 0. The maximum absolute atomic E-state index is 12.5. The van der Waals surface area contributed by atoms with Gasteiger partial charge in [0.2, 0.25) is 10.0 Å². The zero-order chi connectivity index (χ0) is 17.0. The van der Waals surface area contributed by atoms with Crippen LogP contribution in [0.15, 0.2) is 46.7 Å². The van der Waals surface area contributed by atoms with Crippen LogP contribution in [0.4, 0.5) is 0 Å². The Morgan fingerprint density at radius 1 is 1.21 bits per heavy atom. The van der Waals surface area contributed by atoms with E-state index in [0.717, 1.165) is 18.7 Å². The van der Waals surface area contributed by atoms with Gasteiger partial charge in [0.25, 0.3) is 0 Å². The molecule has 1 aliphatic rings. The molecule has 1 aromatic heterocycles. The molecule has 0 aliphatic carbocycles. The lowest BCUT2D eigenvalue weighted by molar-refractivity contribution is 0.0179. The second-order valence-electron chi connectivity index (χ2n) is 5.84. The minimum Gasteiger partial charge on any atom is -0.379 e. The van der Waals surface area contributed by atoms with Crippen molar-refractivity contribution >= 4 is 21.4 Å². The zero-order valence-electron chi connectivity index (χ0n) is 13.6. The van der Waals surface area contributed by atoms with Crippen LogP contribution in [0.5, 0.6) is 0 Å². The number of morpholine rings is 1. The van der Waals surface area contributed by atoms with E-state index in [0.29, 0.717) is 24.7 Å². The summed E-state index contributed by atoms with van der Waals surface area (Å²) in [6.07, 6.45) is 0. The van der Waals surface area contributed by atoms with Gasteiger partial charge in [-0.25, -0.2) is 13.1 Å². The summed E-state index contributed by atoms with van der Waals surface area (Å²) < 4.78 is 33.3. The average Bonchev–Trinajstić information content (AvgIpc) is 3.11.